The number of imide groups is 1. The van der Waals surface area contributed by atoms with Crippen LogP contribution in [0.4, 0.5) is 0 Å². The molecule has 2 atom stereocenters. The number of rotatable bonds is 4. The van der Waals surface area contributed by atoms with Gasteiger partial charge in [-0.2, -0.15) is 0 Å². The largest absolute Gasteiger partial charge is 0.460 e. The molecule has 1 fully saturated rings. The quantitative estimate of drug-likeness (QED) is 0.412. The molecule has 1 saturated heterocycles. The fourth-order valence-electron chi connectivity index (χ4n) is 1.60. The lowest BCUT2D eigenvalue weighted by Crippen LogP contribution is -2.34. The summed E-state index contributed by atoms with van der Waals surface area (Å²) < 4.78 is 4.85. The number of carbonyl (C=O) groups excluding carboxylic acids is 3. The number of carbonyl (C=O) groups is 3. The molecule has 5 nitrogen and oxygen atoms in total. The number of hydrogen-bond donors (Lipinski definition) is 0. The van der Waals surface area contributed by atoms with Gasteiger partial charge >= 0.3 is 5.97 Å². The molecule has 1 rings (SSSR count). The van der Waals surface area contributed by atoms with Crippen molar-refractivity contribution in [2.45, 2.75) is 20.8 Å². The van der Waals surface area contributed by atoms with Gasteiger partial charge in [-0.15, -0.1) is 0 Å². The summed E-state index contributed by atoms with van der Waals surface area (Å²) in [7, 11) is 0. The van der Waals surface area contributed by atoms with Gasteiger partial charge in [-0.1, -0.05) is 20.4 Å². The summed E-state index contributed by atoms with van der Waals surface area (Å²) >= 11 is 0. The van der Waals surface area contributed by atoms with Gasteiger partial charge in [-0.25, -0.2) is 4.79 Å². The van der Waals surface area contributed by atoms with E-state index in [1.54, 1.807) is 20.8 Å². The molecule has 2 amide bonds. The van der Waals surface area contributed by atoms with Crippen LogP contribution in [0.5, 0.6) is 0 Å². The SMILES string of the molecule is C=C(C)C(=O)OCCN1C(=O)C(C)C(C)C1=O. The van der Waals surface area contributed by atoms with Crippen LogP contribution in [-0.2, 0) is 19.1 Å². The summed E-state index contributed by atoms with van der Waals surface area (Å²) in [5.74, 6) is -1.49. The molecule has 17 heavy (non-hydrogen) atoms. The Morgan fingerprint density at radius 1 is 1.29 bits per heavy atom. The van der Waals surface area contributed by atoms with E-state index in [2.05, 4.69) is 6.58 Å². The molecule has 1 aliphatic heterocycles. The van der Waals surface area contributed by atoms with Crippen molar-refractivity contribution in [1.82, 2.24) is 4.90 Å². The molecule has 1 aliphatic rings. The van der Waals surface area contributed by atoms with Crippen LogP contribution in [-0.4, -0.2) is 35.8 Å². The van der Waals surface area contributed by atoms with Crippen molar-refractivity contribution in [3.63, 3.8) is 0 Å². The third-order valence-corrected chi connectivity index (χ3v) is 2.96. The van der Waals surface area contributed by atoms with E-state index in [0.717, 1.165) is 4.90 Å². The maximum atomic E-state index is 11.7. The summed E-state index contributed by atoms with van der Waals surface area (Å²) in [5, 5.41) is 0. The molecule has 0 aromatic rings. The topological polar surface area (TPSA) is 63.7 Å². The van der Waals surface area contributed by atoms with Crippen molar-refractivity contribution < 1.29 is 19.1 Å². The smallest absolute Gasteiger partial charge is 0.333 e. The van der Waals surface area contributed by atoms with Crippen LogP contribution in [0.15, 0.2) is 12.2 Å². The summed E-state index contributed by atoms with van der Waals surface area (Å²) in [6, 6.07) is 0. The molecule has 0 aromatic heterocycles. The van der Waals surface area contributed by atoms with E-state index in [9.17, 15) is 14.4 Å². The van der Waals surface area contributed by atoms with Crippen molar-refractivity contribution in [2.24, 2.45) is 11.8 Å². The average molecular weight is 239 g/mol. The Morgan fingerprint density at radius 2 is 1.76 bits per heavy atom. The minimum atomic E-state index is -0.509. The Bertz CT molecular complexity index is 355. The maximum absolute atomic E-state index is 11.7. The third kappa shape index (κ3) is 2.72. The summed E-state index contributed by atoms with van der Waals surface area (Å²) in [5.41, 5.74) is 0.297. The van der Waals surface area contributed by atoms with Crippen molar-refractivity contribution in [3.05, 3.63) is 12.2 Å². The van der Waals surface area contributed by atoms with E-state index >= 15 is 0 Å². The minimum absolute atomic E-state index is 0.0165. The van der Waals surface area contributed by atoms with Crippen LogP contribution >= 0.6 is 0 Å². The second kappa shape index (κ2) is 5.12. The normalized spacial score (nSPS) is 24.1. The van der Waals surface area contributed by atoms with Gasteiger partial charge in [0.2, 0.25) is 11.8 Å². The van der Waals surface area contributed by atoms with Gasteiger partial charge in [0, 0.05) is 17.4 Å². The highest BCUT2D eigenvalue weighted by Gasteiger charge is 2.41. The number of amides is 2. The second-order valence-electron chi connectivity index (χ2n) is 4.32. The number of hydrogen-bond acceptors (Lipinski definition) is 4. The van der Waals surface area contributed by atoms with Crippen LogP contribution < -0.4 is 0 Å². The second-order valence-corrected chi connectivity index (χ2v) is 4.32. The van der Waals surface area contributed by atoms with Crippen LogP contribution in [0.2, 0.25) is 0 Å². The van der Waals surface area contributed by atoms with Gasteiger partial charge in [0.25, 0.3) is 0 Å². The van der Waals surface area contributed by atoms with Crippen LogP contribution in [0.25, 0.3) is 0 Å². The van der Waals surface area contributed by atoms with Crippen molar-refractivity contribution in [2.75, 3.05) is 13.2 Å². The highest BCUT2D eigenvalue weighted by Crippen LogP contribution is 2.24. The molecule has 0 spiro atoms. The van der Waals surface area contributed by atoms with E-state index in [-0.39, 0.29) is 36.8 Å². The molecule has 5 heteroatoms. The Kier molecular flexibility index (Phi) is 4.04. The van der Waals surface area contributed by atoms with E-state index in [1.165, 1.54) is 0 Å². The van der Waals surface area contributed by atoms with Crippen LogP contribution in [0.1, 0.15) is 20.8 Å². The molecule has 0 radical (unpaired) electrons. The highest BCUT2D eigenvalue weighted by molar-refractivity contribution is 6.04. The highest BCUT2D eigenvalue weighted by atomic mass is 16.5. The molecule has 0 aliphatic carbocycles. The van der Waals surface area contributed by atoms with Crippen molar-refractivity contribution >= 4 is 17.8 Å². The van der Waals surface area contributed by atoms with E-state index < -0.39 is 5.97 Å². The first kappa shape index (κ1) is 13.4. The summed E-state index contributed by atoms with van der Waals surface area (Å²) in [6.45, 7) is 8.56. The monoisotopic (exact) mass is 239 g/mol. The molecular formula is C12H17NO4. The minimum Gasteiger partial charge on any atom is -0.460 e. The van der Waals surface area contributed by atoms with Gasteiger partial charge in [0.05, 0.1) is 6.54 Å². The third-order valence-electron chi connectivity index (χ3n) is 2.96. The average Bonchev–Trinajstić information content (AvgIpc) is 2.46. The Balaban J connectivity index is 2.48. The molecule has 2 unspecified atom stereocenters. The maximum Gasteiger partial charge on any atom is 0.333 e. The lowest BCUT2D eigenvalue weighted by Gasteiger charge is -2.14. The Morgan fingerprint density at radius 3 is 2.18 bits per heavy atom. The van der Waals surface area contributed by atoms with E-state index in [4.69, 9.17) is 4.74 Å². The number of ether oxygens (including phenoxy) is 1. The fourth-order valence-corrected chi connectivity index (χ4v) is 1.60. The first-order valence-corrected chi connectivity index (χ1v) is 5.54. The van der Waals surface area contributed by atoms with Gasteiger partial charge in [0.15, 0.2) is 0 Å². The summed E-state index contributed by atoms with van der Waals surface area (Å²) in [4.78, 5) is 35.6. The fraction of sp³-hybridized carbons (Fsp3) is 0.583. The lowest BCUT2D eigenvalue weighted by molar-refractivity contribution is -0.145. The molecular weight excluding hydrogens is 222 g/mol. The van der Waals surface area contributed by atoms with Gasteiger partial charge in [-0.05, 0) is 6.92 Å². The molecule has 0 N–H and O–H groups in total. The predicted octanol–water partition coefficient (Wildman–Crippen LogP) is 0.747. The Hall–Kier alpha value is -1.65. The van der Waals surface area contributed by atoms with Crippen LogP contribution in [0.3, 0.4) is 0 Å². The zero-order valence-electron chi connectivity index (χ0n) is 10.4. The van der Waals surface area contributed by atoms with E-state index in [1.807, 2.05) is 0 Å². The summed E-state index contributed by atoms with van der Waals surface area (Å²) in [6.07, 6.45) is 0. The zero-order chi connectivity index (χ0) is 13.2. The first-order chi connectivity index (χ1) is 7.86. The van der Waals surface area contributed by atoms with E-state index in [0.29, 0.717) is 5.57 Å². The number of esters is 1. The first-order valence-electron chi connectivity index (χ1n) is 5.54. The molecule has 1 heterocycles. The lowest BCUT2D eigenvalue weighted by atomic mass is 10.00. The molecule has 0 bridgehead atoms. The van der Waals surface area contributed by atoms with Crippen molar-refractivity contribution in [3.8, 4) is 0 Å². The van der Waals surface area contributed by atoms with Crippen LogP contribution in [0, 0.1) is 11.8 Å². The number of likely N-dealkylation sites (tertiary alicyclic amines) is 1. The molecule has 0 saturated carbocycles. The molecule has 0 aromatic carbocycles. The van der Waals surface area contributed by atoms with Crippen molar-refractivity contribution in [1.29, 1.82) is 0 Å². The predicted molar refractivity (Wildman–Crippen MR) is 60.8 cm³/mol. The zero-order valence-corrected chi connectivity index (χ0v) is 10.4. The van der Waals surface area contributed by atoms with Gasteiger partial charge in [0.1, 0.15) is 6.61 Å². The number of nitrogens with zero attached hydrogens (tertiary/aromatic N) is 1. The standard InChI is InChI=1S/C12H17NO4/c1-7(2)12(16)17-6-5-13-10(14)8(3)9(4)11(13)15/h8-9H,1,5-6H2,2-4H3. The molecule has 94 valence electrons. The van der Waals surface area contributed by atoms with Gasteiger partial charge < -0.3 is 4.74 Å². The van der Waals surface area contributed by atoms with Gasteiger partial charge in [-0.3, -0.25) is 14.5 Å². The Labute approximate surface area is 100 Å².